The Kier molecular flexibility index (Phi) is 13.7. The summed E-state index contributed by atoms with van der Waals surface area (Å²) >= 11 is 0. The van der Waals surface area contributed by atoms with Gasteiger partial charge in [0.1, 0.15) is 12.4 Å². The molecule has 0 aliphatic heterocycles. The molecule has 7 nitrogen and oxygen atoms in total. The molecule has 0 heterocycles. The van der Waals surface area contributed by atoms with Gasteiger partial charge in [0.2, 0.25) is 0 Å². The van der Waals surface area contributed by atoms with Crippen molar-refractivity contribution in [3.05, 3.63) is 44.3 Å². The smallest absolute Gasteiger partial charge is 0.460 e. The molecule has 24 heavy (non-hydrogen) atoms. The fraction of sp³-hybridized carbons (Fsp3) is 0.375. The van der Waals surface area contributed by atoms with Crippen LogP contribution in [0.3, 0.4) is 0 Å². The molecule has 0 bridgehead atoms. The first-order chi connectivity index (χ1) is 10.4. The number of nitrogens with zero attached hydrogens (tertiary/aromatic N) is 2. The van der Waals surface area contributed by atoms with Gasteiger partial charge in [-0.05, 0) is 31.3 Å². The first-order valence-corrected chi connectivity index (χ1v) is 6.66. The molecular formula is C16H24N2O5Y-2. The molecule has 0 aromatic heterocycles. The van der Waals surface area contributed by atoms with Crippen molar-refractivity contribution in [3.63, 3.8) is 0 Å². The monoisotopic (exact) mass is 413 g/mol. The van der Waals surface area contributed by atoms with Crippen LogP contribution in [0, 0.1) is 14.5 Å². The van der Waals surface area contributed by atoms with Crippen molar-refractivity contribution in [2.75, 3.05) is 34.3 Å². The van der Waals surface area contributed by atoms with Crippen LogP contribution in [-0.2, 0) is 48.8 Å². The van der Waals surface area contributed by atoms with Gasteiger partial charge in [0.25, 0.3) is 0 Å². The third-order valence-electron chi connectivity index (χ3n) is 2.78. The number of carbonyl (C=O) groups excluding carboxylic acids is 2. The molecule has 0 spiro atoms. The van der Waals surface area contributed by atoms with Gasteiger partial charge in [-0.15, -0.1) is 0 Å². The predicted octanol–water partition coefficient (Wildman–Crippen LogP) is 2.57. The summed E-state index contributed by atoms with van der Waals surface area (Å²) in [6.45, 7) is 1.26. The van der Waals surface area contributed by atoms with E-state index >= 15 is 0 Å². The van der Waals surface area contributed by atoms with Crippen molar-refractivity contribution >= 4 is 12.2 Å². The molecule has 0 saturated heterocycles. The van der Waals surface area contributed by atoms with Crippen LogP contribution in [0.1, 0.15) is 5.56 Å². The van der Waals surface area contributed by atoms with Gasteiger partial charge in [0, 0.05) is 46.3 Å². The number of ether oxygens (including phenoxy) is 3. The fourth-order valence-electron chi connectivity index (χ4n) is 1.45. The Hall–Kier alpha value is -1.18. The van der Waals surface area contributed by atoms with Crippen LogP contribution in [0.15, 0.2) is 24.3 Å². The maximum atomic E-state index is 11.8. The minimum absolute atomic E-state index is 0. The molecule has 0 aliphatic carbocycles. The Morgan fingerprint density at radius 2 is 1.71 bits per heavy atom. The molecule has 8 heteroatoms. The first-order valence-electron chi connectivity index (χ1n) is 6.66. The second-order valence-corrected chi connectivity index (χ2v) is 4.76. The van der Waals surface area contributed by atoms with Gasteiger partial charge in [-0.25, -0.2) is 9.59 Å². The summed E-state index contributed by atoms with van der Waals surface area (Å²) in [6.07, 6.45) is -1.19. The Bertz CT molecular complexity index is 494. The van der Waals surface area contributed by atoms with Crippen molar-refractivity contribution < 1.29 is 56.5 Å². The molecule has 1 aromatic carbocycles. The van der Waals surface area contributed by atoms with Gasteiger partial charge >= 0.3 is 12.2 Å². The van der Waals surface area contributed by atoms with E-state index in [9.17, 15) is 9.59 Å². The van der Waals surface area contributed by atoms with Gasteiger partial charge in [-0.3, -0.25) is 7.05 Å². The molecule has 1 aromatic rings. The number of rotatable bonds is 6. The van der Waals surface area contributed by atoms with Crippen molar-refractivity contribution in [1.82, 2.24) is 9.80 Å². The van der Waals surface area contributed by atoms with Gasteiger partial charge in [-0.1, -0.05) is 12.1 Å². The van der Waals surface area contributed by atoms with Crippen LogP contribution in [-0.4, -0.2) is 56.3 Å². The van der Waals surface area contributed by atoms with Crippen LogP contribution in [0.2, 0.25) is 0 Å². The summed E-state index contributed by atoms with van der Waals surface area (Å²) in [7, 11) is 8.44. The van der Waals surface area contributed by atoms with Crippen LogP contribution in [0.4, 0.5) is 9.59 Å². The van der Waals surface area contributed by atoms with Crippen LogP contribution < -0.4 is 4.74 Å². The summed E-state index contributed by atoms with van der Waals surface area (Å²) in [4.78, 5) is 25.9. The Balaban J connectivity index is 0. The second kappa shape index (κ2) is 13.2. The number of carbonyl (C=O) groups is 2. The summed E-state index contributed by atoms with van der Waals surface area (Å²) in [5, 5.41) is 0. The predicted molar refractivity (Wildman–Crippen MR) is 86.7 cm³/mol. The molecule has 1 amide bonds. The second-order valence-electron chi connectivity index (χ2n) is 4.76. The summed E-state index contributed by atoms with van der Waals surface area (Å²) in [5.74, 6) is 0.418. The van der Waals surface area contributed by atoms with Gasteiger partial charge in [0.05, 0.1) is 7.11 Å². The molecule has 1 radical (unpaired) electrons. The topological polar surface area (TPSA) is 68.3 Å². The average Bonchev–Trinajstić information content (AvgIpc) is 2.51. The molecule has 0 unspecified atom stereocenters. The summed E-state index contributed by atoms with van der Waals surface area (Å²) < 4.78 is 14.4. The maximum Gasteiger partial charge on any atom is 0.508 e. The van der Waals surface area contributed by atoms with E-state index < -0.39 is 12.2 Å². The van der Waals surface area contributed by atoms with E-state index in [0.29, 0.717) is 18.8 Å². The largest absolute Gasteiger partial charge is 0.508 e. The van der Waals surface area contributed by atoms with E-state index in [1.807, 2.05) is 7.05 Å². The molecule has 1 rings (SSSR count). The number of methoxy groups -OCH3 is 1. The van der Waals surface area contributed by atoms with Crippen LogP contribution >= 0.6 is 0 Å². The molecular weight excluding hydrogens is 389 g/mol. The minimum atomic E-state index is -0.743. The van der Waals surface area contributed by atoms with E-state index in [0.717, 1.165) is 5.56 Å². The molecule has 0 atom stereocenters. The normalized spacial score (nSPS) is 9.38. The van der Waals surface area contributed by atoms with E-state index in [1.165, 1.54) is 12.0 Å². The number of hydrogen-bond donors (Lipinski definition) is 0. The molecule has 0 aliphatic rings. The molecule has 133 valence electrons. The molecule has 0 saturated carbocycles. The zero-order valence-electron chi connectivity index (χ0n) is 14.7. The number of benzene rings is 1. The number of amides is 1. The van der Waals surface area contributed by atoms with E-state index in [1.54, 1.807) is 36.2 Å². The quantitative estimate of drug-likeness (QED) is 0.528. The van der Waals surface area contributed by atoms with Crippen molar-refractivity contribution in [3.8, 4) is 5.75 Å². The zero-order chi connectivity index (χ0) is 16.5. The Morgan fingerprint density at radius 1 is 1.12 bits per heavy atom. The van der Waals surface area contributed by atoms with Gasteiger partial charge < -0.3 is 31.4 Å². The molecule has 0 fully saturated rings. The van der Waals surface area contributed by atoms with E-state index in [2.05, 4.69) is 11.8 Å². The minimum Gasteiger partial charge on any atom is -0.460 e. The van der Waals surface area contributed by atoms with E-state index in [-0.39, 0.29) is 46.7 Å². The standard InChI is InChI=1S/C15H21N2O5.CH3.Y/c1-16(2)9-10-17(3)14(18)22-13-7-5-12(6-8-13)11-21-15(19)20-4;;/h5-8H,1,9-11H2,2-4H3;1H3;/q2*-1;. The third-order valence-corrected chi connectivity index (χ3v) is 2.78. The van der Waals surface area contributed by atoms with Crippen molar-refractivity contribution in [1.29, 1.82) is 0 Å². The average molecular weight is 413 g/mol. The summed E-state index contributed by atoms with van der Waals surface area (Å²) in [6, 6.07) is 6.68. The van der Waals surface area contributed by atoms with Crippen LogP contribution in [0.5, 0.6) is 5.75 Å². The fourth-order valence-corrected chi connectivity index (χ4v) is 1.45. The Morgan fingerprint density at radius 3 is 2.21 bits per heavy atom. The van der Waals surface area contributed by atoms with Crippen molar-refractivity contribution in [2.45, 2.75) is 6.61 Å². The van der Waals surface area contributed by atoms with Crippen LogP contribution in [0.25, 0.3) is 0 Å². The van der Waals surface area contributed by atoms with Crippen molar-refractivity contribution in [2.24, 2.45) is 0 Å². The van der Waals surface area contributed by atoms with E-state index in [4.69, 9.17) is 9.47 Å². The first kappa shape index (κ1) is 25.1. The zero-order valence-corrected chi connectivity index (χ0v) is 17.5. The van der Waals surface area contributed by atoms with Gasteiger partial charge in [0.15, 0.2) is 0 Å². The Labute approximate surface area is 169 Å². The molecule has 0 N–H and O–H groups in total. The number of likely N-dealkylation sites (N-methyl/N-ethyl adjacent to an activating group) is 2. The maximum absolute atomic E-state index is 11.8. The number of hydrogen-bond acceptors (Lipinski definition) is 6. The SMILES string of the molecule is [CH2-]N(C)CCN(C)C(=O)Oc1ccc(COC(=O)OC)cc1.[CH3-].[Y]. The van der Waals surface area contributed by atoms with Gasteiger partial charge in [-0.2, -0.15) is 0 Å². The third kappa shape index (κ3) is 9.85. The summed E-state index contributed by atoms with van der Waals surface area (Å²) in [5.41, 5.74) is 0.761.